The van der Waals surface area contributed by atoms with E-state index in [0.717, 1.165) is 0 Å². The maximum Gasteiger partial charge on any atom is 0.137 e. The van der Waals surface area contributed by atoms with Crippen LogP contribution in [0.3, 0.4) is 0 Å². The van der Waals surface area contributed by atoms with E-state index in [1.54, 1.807) is 0 Å². The third kappa shape index (κ3) is 3.58. The highest BCUT2D eigenvalue weighted by Crippen LogP contribution is 2.16. The van der Waals surface area contributed by atoms with Crippen molar-refractivity contribution in [2.24, 2.45) is 5.73 Å². The second-order valence-electron chi connectivity index (χ2n) is 1.76. The van der Waals surface area contributed by atoms with Gasteiger partial charge in [-0.3, -0.25) is 0 Å². The van der Waals surface area contributed by atoms with Gasteiger partial charge in [0.2, 0.25) is 0 Å². The molecule has 0 fully saturated rings. The number of hydrogen-bond acceptors (Lipinski definition) is 1. The van der Waals surface area contributed by atoms with Gasteiger partial charge in [-0.05, 0) is 27.6 Å². The van der Waals surface area contributed by atoms with Crippen LogP contribution in [0, 0.1) is 0 Å². The fourth-order valence-corrected chi connectivity index (χ4v) is 0.431. The molecule has 3 heteroatoms. The van der Waals surface area contributed by atoms with Gasteiger partial charge in [-0.15, -0.1) is 0 Å². The maximum absolute atomic E-state index is 12.6. The number of hydrogen-bond donors (Lipinski definition) is 1. The number of rotatable bonds is 3. The van der Waals surface area contributed by atoms with E-state index in [9.17, 15) is 4.39 Å². The average Bonchev–Trinajstić information content (AvgIpc) is 1.87. The fraction of sp³-hybridized carbons (Fsp3) is 0.143. The first-order chi connectivity index (χ1) is 4.57. The Morgan fingerprint density at radius 1 is 1.60 bits per heavy atom. The molecule has 0 aliphatic carbocycles. The van der Waals surface area contributed by atoms with E-state index in [2.05, 4.69) is 29.1 Å². The van der Waals surface area contributed by atoms with Gasteiger partial charge in [0.15, 0.2) is 0 Å². The standard InChI is InChI=1S/C7H9BrFN/c1-5(4-10)3-7(9)6(2)8/h3H,1-2,4,10H2/b7-3+. The summed E-state index contributed by atoms with van der Waals surface area (Å²) in [6.07, 6.45) is 1.25. The summed E-state index contributed by atoms with van der Waals surface area (Å²) in [4.78, 5) is 0. The van der Waals surface area contributed by atoms with Gasteiger partial charge in [-0.1, -0.05) is 13.2 Å². The molecule has 0 spiro atoms. The molecule has 2 N–H and O–H groups in total. The first-order valence-electron chi connectivity index (χ1n) is 2.67. The molecular formula is C7H9BrFN. The van der Waals surface area contributed by atoms with E-state index in [0.29, 0.717) is 5.57 Å². The molecule has 0 aromatic carbocycles. The zero-order valence-electron chi connectivity index (χ0n) is 5.53. The molecular weight excluding hydrogens is 197 g/mol. The molecule has 0 saturated carbocycles. The van der Waals surface area contributed by atoms with Crippen molar-refractivity contribution in [3.05, 3.63) is 35.1 Å². The molecule has 1 nitrogen and oxygen atoms in total. The molecule has 0 aliphatic rings. The zero-order chi connectivity index (χ0) is 8.15. The van der Waals surface area contributed by atoms with E-state index in [-0.39, 0.29) is 11.0 Å². The Kier molecular flexibility index (Phi) is 4.23. The lowest BCUT2D eigenvalue weighted by atomic mass is 10.3. The van der Waals surface area contributed by atoms with E-state index in [4.69, 9.17) is 5.73 Å². The van der Waals surface area contributed by atoms with E-state index in [1.165, 1.54) is 6.08 Å². The van der Waals surface area contributed by atoms with Crippen molar-refractivity contribution in [2.75, 3.05) is 6.54 Å². The molecule has 0 aliphatic heterocycles. The van der Waals surface area contributed by atoms with E-state index < -0.39 is 5.83 Å². The number of allylic oxidation sites excluding steroid dienone is 2. The molecule has 0 rings (SSSR count). The van der Waals surface area contributed by atoms with Gasteiger partial charge in [-0.2, -0.15) is 0 Å². The summed E-state index contributed by atoms with van der Waals surface area (Å²) in [6, 6.07) is 0. The lowest BCUT2D eigenvalue weighted by Crippen LogP contribution is -1.99. The molecule has 0 heterocycles. The van der Waals surface area contributed by atoms with Crippen molar-refractivity contribution < 1.29 is 4.39 Å². The first-order valence-corrected chi connectivity index (χ1v) is 3.47. The SMILES string of the molecule is C=C(/C=C(/F)C(=C)Br)CN. The minimum absolute atomic E-state index is 0.210. The van der Waals surface area contributed by atoms with Crippen molar-refractivity contribution in [2.45, 2.75) is 0 Å². The van der Waals surface area contributed by atoms with Crippen LogP contribution in [0.5, 0.6) is 0 Å². The summed E-state index contributed by atoms with van der Waals surface area (Å²) in [5.74, 6) is -0.435. The highest BCUT2D eigenvalue weighted by Gasteiger charge is 1.95. The van der Waals surface area contributed by atoms with Gasteiger partial charge < -0.3 is 5.73 Å². The second kappa shape index (κ2) is 4.41. The summed E-state index contributed by atoms with van der Waals surface area (Å²) in [7, 11) is 0. The second-order valence-corrected chi connectivity index (χ2v) is 2.72. The highest BCUT2D eigenvalue weighted by atomic mass is 79.9. The molecule has 0 aromatic rings. The third-order valence-corrected chi connectivity index (χ3v) is 1.23. The Hall–Kier alpha value is -0.410. The normalized spacial score (nSPS) is 11.3. The zero-order valence-corrected chi connectivity index (χ0v) is 7.12. The Balaban J connectivity index is 4.16. The molecule has 0 bridgehead atoms. The Morgan fingerprint density at radius 3 is 2.40 bits per heavy atom. The van der Waals surface area contributed by atoms with Crippen LogP contribution in [0.4, 0.5) is 4.39 Å². The van der Waals surface area contributed by atoms with Gasteiger partial charge in [0.05, 0.1) is 0 Å². The predicted octanol–water partition coefficient (Wildman–Crippen LogP) is 2.26. The van der Waals surface area contributed by atoms with Gasteiger partial charge in [0.25, 0.3) is 0 Å². The molecule has 10 heavy (non-hydrogen) atoms. The molecule has 0 atom stereocenters. The summed E-state index contributed by atoms with van der Waals surface area (Å²) >= 11 is 2.88. The summed E-state index contributed by atoms with van der Waals surface area (Å²) in [5, 5.41) is 0. The van der Waals surface area contributed by atoms with Gasteiger partial charge in [0.1, 0.15) is 5.83 Å². The van der Waals surface area contributed by atoms with E-state index >= 15 is 0 Å². The number of nitrogens with two attached hydrogens (primary N) is 1. The molecule has 56 valence electrons. The van der Waals surface area contributed by atoms with Crippen LogP contribution in [0.15, 0.2) is 35.1 Å². The van der Waals surface area contributed by atoms with Gasteiger partial charge >= 0.3 is 0 Å². The fourth-order valence-electron chi connectivity index (χ4n) is 0.316. The first kappa shape index (κ1) is 9.59. The summed E-state index contributed by atoms with van der Waals surface area (Å²) in [5.41, 5.74) is 5.70. The van der Waals surface area contributed by atoms with Crippen molar-refractivity contribution in [1.82, 2.24) is 0 Å². The third-order valence-electron chi connectivity index (χ3n) is 0.852. The lowest BCUT2D eigenvalue weighted by molar-refractivity contribution is 0.663. The quantitative estimate of drug-likeness (QED) is 0.704. The van der Waals surface area contributed by atoms with Crippen LogP contribution in [-0.2, 0) is 0 Å². The van der Waals surface area contributed by atoms with Gasteiger partial charge in [-0.25, -0.2) is 4.39 Å². The lowest BCUT2D eigenvalue weighted by Gasteiger charge is -1.93. The average molecular weight is 206 g/mol. The van der Waals surface area contributed by atoms with Gasteiger partial charge in [0, 0.05) is 11.0 Å². The van der Waals surface area contributed by atoms with Crippen LogP contribution < -0.4 is 5.73 Å². The van der Waals surface area contributed by atoms with E-state index in [1.807, 2.05) is 0 Å². The van der Waals surface area contributed by atoms with Crippen LogP contribution in [0.1, 0.15) is 0 Å². The molecule has 0 amide bonds. The minimum Gasteiger partial charge on any atom is -0.327 e. The topological polar surface area (TPSA) is 26.0 Å². The van der Waals surface area contributed by atoms with Crippen molar-refractivity contribution in [3.63, 3.8) is 0 Å². The van der Waals surface area contributed by atoms with Crippen molar-refractivity contribution >= 4 is 15.9 Å². The Morgan fingerprint density at radius 2 is 2.10 bits per heavy atom. The maximum atomic E-state index is 12.6. The molecule has 0 saturated heterocycles. The monoisotopic (exact) mass is 205 g/mol. The summed E-state index contributed by atoms with van der Waals surface area (Å²) in [6.45, 7) is 7.08. The van der Waals surface area contributed by atoms with Crippen molar-refractivity contribution in [3.8, 4) is 0 Å². The largest absolute Gasteiger partial charge is 0.327 e. The van der Waals surface area contributed by atoms with Crippen LogP contribution in [-0.4, -0.2) is 6.54 Å². The Labute approximate surface area is 68.2 Å². The van der Waals surface area contributed by atoms with Crippen LogP contribution in [0.25, 0.3) is 0 Å². The minimum atomic E-state index is -0.435. The highest BCUT2D eigenvalue weighted by molar-refractivity contribution is 9.11. The van der Waals surface area contributed by atoms with Crippen LogP contribution >= 0.6 is 15.9 Å². The molecule has 0 aromatic heterocycles. The Bertz CT molecular complexity index is 184. The smallest absolute Gasteiger partial charge is 0.137 e. The molecule has 0 radical (unpaired) electrons. The molecule has 0 unspecified atom stereocenters. The summed E-state index contributed by atoms with van der Waals surface area (Å²) < 4.78 is 12.8. The van der Waals surface area contributed by atoms with Crippen molar-refractivity contribution in [1.29, 1.82) is 0 Å². The number of halogens is 2. The predicted molar refractivity (Wildman–Crippen MR) is 45.5 cm³/mol. The van der Waals surface area contributed by atoms with Crippen LogP contribution in [0.2, 0.25) is 0 Å².